The summed E-state index contributed by atoms with van der Waals surface area (Å²) in [6.45, 7) is 13.4. The Labute approximate surface area is 139 Å². The number of benzene rings is 1. The molecule has 0 amide bonds. The fourth-order valence-corrected chi connectivity index (χ4v) is 4.29. The lowest BCUT2D eigenvalue weighted by molar-refractivity contribution is 0.202. The van der Waals surface area contributed by atoms with Crippen molar-refractivity contribution in [2.75, 3.05) is 23.7 Å². The van der Waals surface area contributed by atoms with Crippen LogP contribution in [0, 0.1) is 0 Å². The zero-order valence-corrected chi connectivity index (χ0v) is 15.8. The van der Waals surface area contributed by atoms with E-state index in [1.165, 1.54) is 0 Å². The van der Waals surface area contributed by atoms with Crippen LogP contribution in [-0.4, -0.2) is 37.7 Å². The van der Waals surface area contributed by atoms with E-state index in [1.807, 2.05) is 12.3 Å². The molecule has 1 fully saturated rings. The molecule has 1 aliphatic rings. The van der Waals surface area contributed by atoms with Gasteiger partial charge in [0.1, 0.15) is 0 Å². The number of hydrogen-bond acceptors (Lipinski definition) is 4. The molecule has 6 heteroatoms. The van der Waals surface area contributed by atoms with Crippen LogP contribution < -0.4 is 10.6 Å². The summed E-state index contributed by atoms with van der Waals surface area (Å²) < 4.78 is 6.57. The Bertz CT molecular complexity index is 704. The van der Waals surface area contributed by atoms with Crippen LogP contribution in [-0.2, 0) is 4.43 Å². The van der Waals surface area contributed by atoms with Gasteiger partial charge in [-0.25, -0.2) is 0 Å². The number of aromatic nitrogens is 2. The lowest BCUT2D eigenvalue weighted by Gasteiger charge is -2.38. The quantitative estimate of drug-likeness (QED) is 0.663. The van der Waals surface area contributed by atoms with E-state index in [0.29, 0.717) is 6.10 Å². The Morgan fingerprint density at radius 1 is 1.35 bits per heavy atom. The summed E-state index contributed by atoms with van der Waals surface area (Å²) in [7, 11) is -1.72. The van der Waals surface area contributed by atoms with E-state index in [2.05, 4.69) is 55.0 Å². The number of hydrogen-bond donors (Lipinski definition) is 2. The van der Waals surface area contributed by atoms with Crippen molar-refractivity contribution in [2.24, 2.45) is 0 Å². The summed E-state index contributed by atoms with van der Waals surface area (Å²) in [4.78, 5) is 2.35. The second-order valence-corrected chi connectivity index (χ2v) is 12.9. The van der Waals surface area contributed by atoms with Crippen LogP contribution in [0.5, 0.6) is 0 Å². The Balaban J connectivity index is 1.75. The number of rotatable bonds is 3. The van der Waals surface area contributed by atoms with Crippen molar-refractivity contribution < 1.29 is 4.43 Å². The number of aromatic amines is 1. The molecule has 2 heterocycles. The van der Waals surface area contributed by atoms with Crippen molar-refractivity contribution in [1.29, 1.82) is 0 Å². The average molecular weight is 333 g/mol. The Morgan fingerprint density at radius 2 is 2.09 bits per heavy atom. The van der Waals surface area contributed by atoms with Gasteiger partial charge in [0.05, 0.1) is 29.2 Å². The van der Waals surface area contributed by atoms with Crippen LogP contribution in [0.1, 0.15) is 27.2 Å². The SMILES string of the molecule is CC(C)(C)[Si](C)(C)O[C@H]1CCN(c2cc3cn[nH]c3cc2N)C1. The number of H-pyrrole nitrogens is 1. The van der Waals surface area contributed by atoms with Gasteiger partial charge in [-0.1, -0.05) is 20.8 Å². The third kappa shape index (κ3) is 3.10. The van der Waals surface area contributed by atoms with E-state index in [4.69, 9.17) is 10.2 Å². The topological polar surface area (TPSA) is 67.2 Å². The van der Waals surface area contributed by atoms with Crippen molar-refractivity contribution in [1.82, 2.24) is 10.2 Å². The molecule has 23 heavy (non-hydrogen) atoms. The molecule has 1 saturated heterocycles. The standard InChI is InChI=1S/C17H28N4OSi/c1-17(2,3)23(4,5)22-13-6-7-21(11-13)16-8-12-10-19-20-15(12)9-14(16)18/h8-10,13H,6-7,11,18H2,1-5H3,(H,19,20)/t13-/m0/s1. The maximum Gasteiger partial charge on any atom is 0.192 e. The molecule has 5 nitrogen and oxygen atoms in total. The zero-order chi connectivity index (χ0) is 16.8. The fraction of sp³-hybridized carbons (Fsp3) is 0.588. The summed E-state index contributed by atoms with van der Waals surface area (Å²) in [6.07, 6.45) is 3.21. The minimum absolute atomic E-state index is 0.245. The van der Waals surface area contributed by atoms with Crippen molar-refractivity contribution in [2.45, 2.75) is 51.4 Å². The van der Waals surface area contributed by atoms with Crippen LogP contribution in [0.2, 0.25) is 18.1 Å². The van der Waals surface area contributed by atoms with E-state index < -0.39 is 8.32 Å². The van der Waals surface area contributed by atoms with E-state index in [-0.39, 0.29) is 5.04 Å². The predicted octanol–water partition coefficient (Wildman–Crippen LogP) is 3.75. The molecule has 1 aromatic heterocycles. The van der Waals surface area contributed by atoms with Gasteiger partial charge in [-0.15, -0.1) is 0 Å². The number of nitrogens with one attached hydrogen (secondary N) is 1. The molecule has 0 saturated carbocycles. The Hall–Kier alpha value is -1.53. The second kappa shape index (κ2) is 5.53. The molecule has 0 radical (unpaired) electrons. The van der Waals surface area contributed by atoms with Gasteiger partial charge in [-0.05, 0) is 36.7 Å². The first-order valence-corrected chi connectivity index (χ1v) is 11.2. The van der Waals surface area contributed by atoms with Crippen LogP contribution in [0.25, 0.3) is 10.9 Å². The molecule has 0 bridgehead atoms. The van der Waals surface area contributed by atoms with Crippen molar-refractivity contribution in [3.63, 3.8) is 0 Å². The minimum Gasteiger partial charge on any atom is -0.412 e. The van der Waals surface area contributed by atoms with Gasteiger partial charge in [-0.2, -0.15) is 5.10 Å². The molecule has 1 atom stereocenters. The first-order valence-electron chi connectivity index (χ1n) is 8.33. The van der Waals surface area contributed by atoms with Crippen molar-refractivity contribution in [3.8, 4) is 0 Å². The molecule has 1 aromatic carbocycles. The smallest absolute Gasteiger partial charge is 0.192 e. The van der Waals surface area contributed by atoms with E-state index in [0.717, 1.165) is 41.8 Å². The Morgan fingerprint density at radius 3 is 2.78 bits per heavy atom. The summed E-state index contributed by atoms with van der Waals surface area (Å²) in [5.74, 6) is 0. The lowest BCUT2D eigenvalue weighted by atomic mass is 10.2. The van der Waals surface area contributed by atoms with Gasteiger partial charge >= 0.3 is 0 Å². The van der Waals surface area contributed by atoms with Gasteiger partial charge in [0, 0.05) is 18.5 Å². The van der Waals surface area contributed by atoms with Gasteiger partial charge in [0.2, 0.25) is 0 Å². The number of fused-ring (bicyclic) bond motifs is 1. The van der Waals surface area contributed by atoms with E-state index in [9.17, 15) is 0 Å². The molecule has 0 aliphatic carbocycles. The number of nitrogens with zero attached hydrogens (tertiary/aromatic N) is 2. The first-order chi connectivity index (χ1) is 10.7. The molecule has 126 valence electrons. The highest BCUT2D eigenvalue weighted by molar-refractivity contribution is 6.74. The Kier molecular flexibility index (Phi) is 3.92. The zero-order valence-electron chi connectivity index (χ0n) is 14.8. The minimum atomic E-state index is -1.72. The molecule has 0 spiro atoms. The van der Waals surface area contributed by atoms with E-state index >= 15 is 0 Å². The highest BCUT2D eigenvalue weighted by Gasteiger charge is 2.40. The largest absolute Gasteiger partial charge is 0.412 e. The summed E-state index contributed by atoms with van der Waals surface area (Å²) in [5.41, 5.74) is 9.13. The number of nitrogens with two attached hydrogens (primary N) is 1. The van der Waals surface area contributed by atoms with Gasteiger partial charge in [0.15, 0.2) is 8.32 Å². The predicted molar refractivity (Wildman–Crippen MR) is 99.4 cm³/mol. The molecule has 2 aromatic rings. The van der Waals surface area contributed by atoms with Gasteiger partial charge < -0.3 is 15.1 Å². The highest BCUT2D eigenvalue weighted by atomic mass is 28.4. The van der Waals surface area contributed by atoms with Crippen molar-refractivity contribution in [3.05, 3.63) is 18.3 Å². The highest BCUT2D eigenvalue weighted by Crippen LogP contribution is 2.39. The van der Waals surface area contributed by atoms with Crippen LogP contribution in [0.3, 0.4) is 0 Å². The summed E-state index contributed by atoms with van der Waals surface area (Å²) in [5, 5.41) is 8.39. The van der Waals surface area contributed by atoms with Crippen LogP contribution in [0.15, 0.2) is 18.3 Å². The maximum atomic E-state index is 6.57. The van der Waals surface area contributed by atoms with Crippen molar-refractivity contribution >= 4 is 30.6 Å². The van der Waals surface area contributed by atoms with Crippen LogP contribution in [0.4, 0.5) is 11.4 Å². The third-order valence-corrected chi connectivity index (χ3v) is 9.88. The molecular weight excluding hydrogens is 304 g/mol. The first kappa shape index (κ1) is 16.3. The average Bonchev–Trinajstić information content (AvgIpc) is 3.04. The third-order valence-electron chi connectivity index (χ3n) is 5.34. The molecule has 0 unspecified atom stereocenters. The van der Waals surface area contributed by atoms with Gasteiger partial charge in [-0.3, -0.25) is 5.10 Å². The van der Waals surface area contributed by atoms with Crippen LogP contribution >= 0.6 is 0 Å². The fourth-order valence-electron chi connectivity index (χ4n) is 2.91. The maximum absolute atomic E-state index is 6.57. The molecule has 1 aliphatic heterocycles. The molecular formula is C17H28N4OSi. The number of anilines is 2. The number of nitrogen functional groups attached to an aromatic ring is 1. The lowest BCUT2D eigenvalue weighted by Crippen LogP contribution is -2.44. The van der Waals surface area contributed by atoms with Gasteiger partial charge in [0.25, 0.3) is 0 Å². The molecule has 3 rings (SSSR count). The normalized spacial score (nSPS) is 19.7. The van der Waals surface area contributed by atoms with E-state index in [1.54, 1.807) is 0 Å². The monoisotopic (exact) mass is 332 g/mol. The summed E-state index contributed by atoms with van der Waals surface area (Å²) in [6, 6.07) is 4.10. The summed E-state index contributed by atoms with van der Waals surface area (Å²) >= 11 is 0. The second-order valence-electron chi connectivity index (χ2n) is 8.10. The molecule has 3 N–H and O–H groups in total.